The zero-order valence-corrected chi connectivity index (χ0v) is 26.4. The van der Waals surface area contributed by atoms with Crippen molar-refractivity contribution in [3.63, 3.8) is 0 Å². The van der Waals surface area contributed by atoms with Crippen LogP contribution in [-0.4, -0.2) is 70.9 Å². The Morgan fingerprint density at radius 1 is 0.952 bits per heavy atom. The molecule has 3 fully saturated rings. The van der Waals surface area contributed by atoms with Crippen LogP contribution < -0.4 is 0 Å². The fourth-order valence-corrected chi connectivity index (χ4v) is 8.04. The first-order valence-electron chi connectivity index (χ1n) is 14.8. The molecule has 2 amide bonds. The van der Waals surface area contributed by atoms with Gasteiger partial charge in [0.25, 0.3) is 5.91 Å². The van der Waals surface area contributed by atoms with Gasteiger partial charge >= 0.3 is 0 Å². The Labute approximate surface area is 262 Å². The molecule has 9 heteroatoms. The van der Waals surface area contributed by atoms with Crippen LogP contribution in [0.5, 0.6) is 0 Å². The summed E-state index contributed by atoms with van der Waals surface area (Å²) in [6.45, 7) is 6.30. The molecule has 222 valence electrons. The Kier molecular flexibility index (Phi) is 8.94. The van der Waals surface area contributed by atoms with Gasteiger partial charge in [0.1, 0.15) is 6.61 Å². The molecule has 4 heterocycles. The van der Waals surface area contributed by atoms with Gasteiger partial charge < -0.3 is 14.5 Å². The maximum atomic E-state index is 13.7. The van der Waals surface area contributed by atoms with Gasteiger partial charge in [0.2, 0.25) is 5.91 Å². The number of fused-ring (bicyclic) bond motifs is 2. The Balaban J connectivity index is 1.13. The zero-order valence-electron chi connectivity index (χ0n) is 24.1. The number of hydrogen-bond acceptors (Lipinski definition) is 5. The number of hydrogen-bond donors (Lipinski definition) is 0. The van der Waals surface area contributed by atoms with Crippen molar-refractivity contribution in [3.8, 4) is 0 Å². The van der Waals surface area contributed by atoms with Crippen molar-refractivity contribution >= 4 is 46.4 Å². The summed E-state index contributed by atoms with van der Waals surface area (Å²) in [6, 6.07) is 16.4. The summed E-state index contributed by atoms with van der Waals surface area (Å²) in [5.74, 6) is -0.0853. The van der Waals surface area contributed by atoms with Crippen molar-refractivity contribution in [3.05, 3.63) is 91.1 Å². The molecule has 0 N–H and O–H groups in total. The molecule has 3 atom stereocenters. The van der Waals surface area contributed by atoms with Crippen molar-refractivity contribution in [2.75, 3.05) is 26.2 Å². The fraction of sp³-hybridized carbons (Fsp3) is 0.455. The minimum atomic E-state index is -0.344. The SMILES string of the molecule is Cc1cc(C)cc(C(=O)N2CCN(C(=O)COC3CC4CCC(C3)N4Cc3cccs3)[C@@H](c3ccc(Cl)c(Cl)c3)C2)c1. The highest BCUT2D eigenvalue weighted by Gasteiger charge is 2.42. The van der Waals surface area contributed by atoms with E-state index in [1.54, 1.807) is 6.07 Å². The Bertz CT molecular complexity index is 1410. The van der Waals surface area contributed by atoms with Crippen molar-refractivity contribution in [2.45, 2.75) is 70.3 Å². The second kappa shape index (κ2) is 12.7. The van der Waals surface area contributed by atoms with E-state index in [4.69, 9.17) is 27.9 Å². The van der Waals surface area contributed by atoms with Gasteiger partial charge in [-0.3, -0.25) is 14.5 Å². The third-order valence-corrected chi connectivity index (χ3v) is 10.6. The van der Waals surface area contributed by atoms with Gasteiger partial charge in [-0.05, 0) is 80.8 Å². The summed E-state index contributed by atoms with van der Waals surface area (Å²) in [7, 11) is 0. The van der Waals surface area contributed by atoms with Gasteiger partial charge in [-0.2, -0.15) is 0 Å². The molecule has 2 unspecified atom stereocenters. The van der Waals surface area contributed by atoms with E-state index in [-0.39, 0.29) is 30.6 Å². The number of nitrogens with zero attached hydrogens (tertiary/aromatic N) is 3. The molecule has 6 rings (SSSR count). The number of rotatable bonds is 7. The third kappa shape index (κ3) is 6.41. The number of thiophene rings is 1. The van der Waals surface area contributed by atoms with E-state index in [1.807, 2.05) is 59.2 Å². The maximum Gasteiger partial charge on any atom is 0.254 e. The topological polar surface area (TPSA) is 53.1 Å². The molecular formula is C33H37Cl2N3O3S. The molecule has 0 saturated carbocycles. The van der Waals surface area contributed by atoms with Crippen LogP contribution in [0.2, 0.25) is 10.0 Å². The molecule has 3 aliphatic rings. The van der Waals surface area contributed by atoms with Gasteiger partial charge in [0, 0.05) is 48.7 Å². The Morgan fingerprint density at radius 3 is 2.36 bits per heavy atom. The maximum absolute atomic E-state index is 13.7. The molecule has 0 aliphatic carbocycles. The van der Waals surface area contributed by atoms with Crippen LogP contribution in [0, 0.1) is 13.8 Å². The Morgan fingerprint density at radius 2 is 1.69 bits per heavy atom. The van der Waals surface area contributed by atoms with Crippen LogP contribution in [0.4, 0.5) is 0 Å². The van der Waals surface area contributed by atoms with Crippen molar-refractivity contribution in [1.29, 1.82) is 0 Å². The number of piperidine rings is 1. The first kappa shape index (κ1) is 29.6. The van der Waals surface area contributed by atoms with Crippen molar-refractivity contribution in [2.24, 2.45) is 0 Å². The van der Waals surface area contributed by atoms with E-state index < -0.39 is 0 Å². The smallest absolute Gasteiger partial charge is 0.254 e. The molecule has 0 radical (unpaired) electrons. The van der Waals surface area contributed by atoms with E-state index in [1.165, 1.54) is 17.7 Å². The van der Waals surface area contributed by atoms with Crippen LogP contribution in [0.1, 0.15) is 63.7 Å². The molecule has 6 nitrogen and oxygen atoms in total. The number of carbonyl (C=O) groups excluding carboxylic acids is 2. The van der Waals surface area contributed by atoms with E-state index in [2.05, 4.69) is 28.5 Å². The summed E-state index contributed by atoms with van der Waals surface area (Å²) < 4.78 is 6.32. The second-order valence-electron chi connectivity index (χ2n) is 11.9. The standard InChI is InChI=1S/C33H37Cl2N3O3S/c1-21-12-22(2)14-24(13-21)33(40)36-9-10-37(31(19-36)23-5-8-29(34)30(35)15-23)32(39)20-41-27-16-25-6-7-26(17-27)38(25)18-28-4-3-11-42-28/h3-5,8,11-15,25-27,31H,6-7,9-10,16-20H2,1-2H3/t25?,26?,27?,31-/m1/s1. The highest BCUT2D eigenvalue weighted by molar-refractivity contribution is 7.09. The van der Waals surface area contributed by atoms with Crippen molar-refractivity contribution < 1.29 is 14.3 Å². The van der Waals surface area contributed by atoms with Gasteiger partial charge in [-0.1, -0.05) is 52.5 Å². The number of aryl methyl sites for hydroxylation is 2. The van der Waals surface area contributed by atoms with Crippen LogP contribution in [0.15, 0.2) is 53.9 Å². The average Bonchev–Trinajstić information content (AvgIpc) is 3.56. The lowest BCUT2D eigenvalue weighted by molar-refractivity contribution is -0.144. The number of carbonyl (C=O) groups is 2. The van der Waals surface area contributed by atoms with Gasteiger partial charge in [0.05, 0.1) is 22.2 Å². The normalized spacial score (nSPS) is 24.3. The summed E-state index contributed by atoms with van der Waals surface area (Å²) in [5.41, 5.74) is 3.63. The van der Waals surface area contributed by atoms with E-state index in [9.17, 15) is 9.59 Å². The first-order chi connectivity index (χ1) is 20.2. The van der Waals surface area contributed by atoms with E-state index >= 15 is 0 Å². The first-order valence-corrected chi connectivity index (χ1v) is 16.4. The lowest BCUT2D eigenvalue weighted by Crippen LogP contribution is -2.53. The summed E-state index contributed by atoms with van der Waals surface area (Å²) in [4.78, 5) is 35.0. The lowest BCUT2D eigenvalue weighted by atomic mass is 9.99. The number of ether oxygens (including phenoxy) is 1. The van der Waals surface area contributed by atoms with Crippen LogP contribution in [0.3, 0.4) is 0 Å². The minimum Gasteiger partial charge on any atom is -0.368 e. The molecule has 1 aromatic heterocycles. The Hall–Kier alpha value is -2.42. The zero-order chi connectivity index (χ0) is 29.4. The van der Waals surface area contributed by atoms with Gasteiger partial charge in [-0.15, -0.1) is 11.3 Å². The van der Waals surface area contributed by atoms with Crippen LogP contribution in [-0.2, 0) is 16.1 Å². The fourth-order valence-electron chi connectivity index (χ4n) is 7.02. The quantitative estimate of drug-likeness (QED) is 0.286. The molecule has 42 heavy (non-hydrogen) atoms. The predicted molar refractivity (Wildman–Crippen MR) is 168 cm³/mol. The predicted octanol–water partition coefficient (Wildman–Crippen LogP) is 6.91. The number of piperazine rings is 1. The molecule has 3 saturated heterocycles. The summed E-state index contributed by atoms with van der Waals surface area (Å²) in [5, 5.41) is 3.03. The highest BCUT2D eigenvalue weighted by Crippen LogP contribution is 2.38. The highest BCUT2D eigenvalue weighted by atomic mass is 35.5. The average molecular weight is 627 g/mol. The monoisotopic (exact) mass is 625 g/mol. The van der Waals surface area contributed by atoms with E-state index in [0.29, 0.717) is 47.3 Å². The van der Waals surface area contributed by atoms with Gasteiger partial charge in [-0.25, -0.2) is 0 Å². The third-order valence-electron chi connectivity index (χ3n) is 8.99. The minimum absolute atomic E-state index is 0.0278. The van der Waals surface area contributed by atoms with E-state index in [0.717, 1.165) is 36.1 Å². The van der Waals surface area contributed by atoms with Crippen LogP contribution >= 0.6 is 34.5 Å². The van der Waals surface area contributed by atoms with Crippen molar-refractivity contribution in [1.82, 2.24) is 14.7 Å². The number of halogens is 2. The lowest BCUT2D eigenvalue weighted by Gasteiger charge is -2.42. The largest absolute Gasteiger partial charge is 0.368 e. The molecule has 3 aromatic rings. The molecule has 3 aliphatic heterocycles. The molecule has 2 bridgehead atoms. The summed E-state index contributed by atoms with van der Waals surface area (Å²) >= 11 is 14.4. The molecule has 0 spiro atoms. The summed E-state index contributed by atoms with van der Waals surface area (Å²) in [6.07, 6.45) is 4.40. The number of benzene rings is 2. The molecular weight excluding hydrogens is 589 g/mol. The number of amides is 2. The second-order valence-corrected chi connectivity index (χ2v) is 13.8. The van der Waals surface area contributed by atoms with Crippen LogP contribution in [0.25, 0.3) is 0 Å². The molecule has 2 aromatic carbocycles. The van der Waals surface area contributed by atoms with Gasteiger partial charge in [0.15, 0.2) is 0 Å².